The molecule has 1 aliphatic carbocycles. The van der Waals surface area contributed by atoms with Crippen LogP contribution in [0.1, 0.15) is 30.3 Å². The molecule has 0 atom stereocenters. The van der Waals surface area contributed by atoms with Crippen molar-refractivity contribution in [1.82, 2.24) is 23.9 Å². The van der Waals surface area contributed by atoms with E-state index in [1.54, 1.807) is 14.0 Å². The lowest BCUT2D eigenvalue weighted by Crippen LogP contribution is -2.36. The fourth-order valence-electron chi connectivity index (χ4n) is 3.08. The van der Waals surface area contributed by atoms with E-state index in [0.29, 0.717) is 30.6 Å². The fraction of sp³-hybridized carbons (Fsp3) is 0.533. The standard InChI is InChI=1S/C15H18N6O3/c1-9-7-11(22)19-5-6-20(14(19)16-9)12(23)8-21-15(24)18(2)13(17-21)10-3-4-10/h7,10H,3-6,8H2,1-2H3. The van der Waals surface area contributed by atoms with E-state index in [0.717, 1.165) is 18.7 Å². The van der Waals surface area contributed by atoms with E-state index in [1.807, 2.05) is 0 Å². The van der Waals surface area contributed by atoms with Gasteiger partial charge in [0.15, 0.2) is 0 Å². The van der Waals surface area contributed by atoms with Gasteiger partial charge in [-0.25, -0.2) is 14.5 Å². The van der Waals surface area contributed by atoms with Crippen LogP contribution in [-0.2, 0) is 24.9 Å². The molecule has 9 heteroatoms. The quantitative estimate of drug-likeness (QED) is 0.747. The molecule has 0 spiro atoms. The molecule has 2 aromatic heterocycles. The van der Waals surface area contributed by atoms with Crippen molar-refractivity contribution in [3.63, 3.8) is 0 Å². The van der Waals surface area contributed by atoms with Gasteiger partial charge in [-0.05, 0) is 19.8 Å². The Bertz CT molecular complexity index is 949. The van der Waals surface area contributed by atoms with Crippen LogP contribution < -0.4 is 16.1 Å². The number of anilines is 1. The highest BCUT2D eigenvalue weighted by Gasteiger charge is 2.31. The van der Waals surface area contributed by atoms with Crippen LogP contribution in [0.4, 0.5) is 5.95 Å². The zero-order valence-corrected chi connectivity index (χ0v) is 13.6. The highest BCUT2D eigenvalue weighted by Crippen LogP contribution is 2.38. The Hall–Kier alpha value is -2.71. The normalized spacial score (nSPS) is 16.5. The number of rotatable bonds is 3. The molecule has 0 unspecified atom stereocenters. The van der Waals surface area contributed by atoms with E-state index in [4.69, 9.17) is 0 Å². The molecule has 3 heterocycles. The summed E-state index contributed by atoms with van der Waals surface area (Å²) in [5.41, 5.74) is 0.106. The lowest BCUT2D eigenvalue weighted by Gasteiger charge is -2.15. The van der Waals surface area contributed by atoms with Crippen LogP contribution in [0.5, 0.6) is 0 Å². The smallest absolute Gasteiger partial charge is 0.282 e. The number of carbonyl (C=O) groups excluding carboxylic acids is 1. The van der Waals surface area contributed by atoms with Gasteiger partial charge in [-0.1, -0.05) is 0 Å². The van der Waals surface area contributed by atoms with Crippen molar-refractivity contribution in [2.75, 3.05) is 11.4 Å². The second kappa shape index (κ2) is 5.15. The Morgan fingerprint density at radius 1 is 1.29 bits per heavy atom. The molecule has 1 fully saturated rings. The van der Waals surface area contributed by atoms with E-state index in [2.05, 4.69) is 10.1 Å². The van der Waals surface area contributed by atoms with Gasteiger partial charge in [0, 0.05) is 37.8 Å². The number of nitrogens with zero attached hydrogens (tertiary/aromatic N) is 6. The highest BCUT2D eigenvalue weighted by molar-refractivity contribution is 5.92. The zero-order valence-electron chi connectivity index (χ0n) is 13.6. The van der Waals surface area contributed by atoms with Gasteiger partial charge in [-0.2, -0.15) is 5.10 Å². The molecular formula is C15H18N6O3. The molecule has 9 nitrogen and oxygen atoms in total. The van der Waals surface area contributed by atoms with E-state index in [1.165, 1.54) is 24.8 Å². The first-order valence-electron chi connectivity index (χ1n) is 7.98. The van der Waals surface area contributed by atoms with Gasteiger partial charge < -0.3 is 0 Å². The second-order valence-electron chi connectivity index (χ2n) is 6.36. The predicted molar refractivity (Wildman–Crippen MR) is 85.0 cm³/mol. The minimum Gasteiger partial charge on any atom is -0.282 e. The molecule has 0 N–H and O–H groups in total. The third-order valence-corrected chi connectivity index (χ3v) is 4.51. The minimum absolute atomic E-state index is 0.150. The van der Waals surface area contributed by atoms with Gasteiger partial charge in [0.25, 0.3) is 11.5 Å². The lowest BCUT2D eigenvalue weighted by atomic mass is 10.4. The van der Waals surface area contributed by atoms with Crippen LogP contribution in [0.2, 0.25) is 0 Å². The summed E-state index contributed by atoms with van der Waals surface area (Å²) in [6.45, 7) is 2.36. The first-order valence-corrected chi connectivity index (χ1v) is 7.98. The summed E-state index contributed by atoms with van der Waals surface area (Å²) >= 11 is 0. The topological polar surface area (TPSA) is 95.0 Å². The number of fused-ring (bicyclic) bond motifs is 1. The number of aryl methyl sites for hydroxylation is 1. The SMILES string of the molecule is Cc1cc(=O)n2c(n1)N(C(=O)Cn1nc(C3CC3)n(C)c1=O)CC2. The minimum atomic E-state index is -0.293. The summed E-state index contributed by atoms with van der Waals surface area (Å²) in [5, 5.41) is 4.30. The van der Waals surface area contributed by atoms with Crippen LogP contribution in [-0.4, -0.2) is 36.4 Å². The first kappa shape index (κ1) is 14.9. The summed E-state index contributed by atoms with van der Waals surface area (Å²) < 4.78 is 4.18. The van der Waals surface area contributed by atoms with Crippen molar-refractivity contribution in [1.29, 1.82) is 0 Å². The van der Waals surface area contributed by atoms with Crippen LogP contribution in [0, 0.1) is 6.92 Å². The molecule has 0 bridgehead atoms. The van der Waals surface area contributed by atoms with Crippen LogP contribution in [0.3, 0.4) is 0 Å². The number of amides is 1. The lowest BCUT2D eigenvalue weighted by molar-refractivity contribution is -0.119. The molecule has 24 heavy (non-hydrogen) atoms. The Labute approximate surface area is 137 Å². The van der Waals surface area contributed by atoms with Crippen LogP contribution in [0.25, 0.3) is 0 Å². The number of hydrogen-bond donors (Lipinski definition) is 0. The Kier molecular flexibility index (Phi) is 3.19. The average molecular weight is 330 g/mol. The third-order valence-electron chi connectivity index (χ3n) is 4.51. The highest BCUT2D eigenvalue weighted by atomic mass is 16.2. The molecular weight excluding hydrogens is 312 g/mol. The van der Waals surface area contributed by atoms with E-state index in [9.17, 15) is 14.4 Å². The van der Waals surface area contributed by atoms with Crippen molar-refractivity contribution in [3.8, 4) is 0 Å². The summed E-state index contributed by atoms with van der Waals surface area (Å²) in [7, 11) is 1.68. The molecule has 4 rings (SSSR count). The maximum atomic E-state index is 12.6. The van der Waals surface area contributed by atoms with Crippen LogP contribution in [0.15, 0.2) is 15.7 Å². The molecule has 0 radical (unpaired) electrons. The molecule has 1 saturated carbocycles. The summed E-state index contributed by atoms with van der Waals surface area (Å²) in [6, 6.07) is 1.45. The van der Waals surface area contributed by atoms with Crippen molar-refractivity contribution in [2.24, 2.45) is 7.05 Å². The average Bonchev–Trinajstić information content (AvgIpc) is 3.22. The first-order chi connectivity index (χ1) is 11.5. The largest absolute Gasteiger partial charge is 0.346 e. The number of aromatic nitrogens is 5. The maximum absolute atomic E-state index is 12.6. The second-order valence-corrected chi connectivity index (χ2v) is 6.36. The Morgan fingerprint density at radius 3 is 2.75 bits per heavy atom. The number of carbonyl (C=O) groups is 1. The Morgan fingerprint density at radius 2 is 2.04 bits per heavy atom. The van der Waals surface area contributed by atoms with Gasteiger partial charge in [-0.15, -0.1) is 0 Å². The van der Waals surface area contributed by atoms with E-state index >= 15 is 0 Å². The molecule has 1 aliphatic heterocycles. The van der Waals surface area contributed by atoms with E-state index in [-0.39, 0.29) is 23.7 Å². The molecule has 2 aliphatic rings. The van der Waals surface area contributed by atoms with Gasteiger partial charge in [-0.3, -0.25) is 23.6 Å². The molecule has 0 saturated heterocycles. The summed E-state index contributed by atoms with van der Waals surface area (Å²) in [4.78, 5) is 42.6. The van der Waals surface area contributed by atoms with Crippen LogP contribution >= 0.6 is 0 Å². The van der Waals surface area contributed by atoms with Crippen molar-refractivity contribution in [2.45, 2.75) is 38.8 Å². The fourth-order valence-corrected chi connectivity index (χ4v) is 3.08. The molecule has 1 amide bonds. The third kappa shape index (κ3) is 2.27. The van der Waals surface area contributed by atoms with Gasteiger partial charge in [0.1, 0.15) is 12.4 Å². The summed E-state index contributed by atoms with van der Waals surface area (Å²) in [6.07, 6.45) is 2.06. The molecule has 126 valence electrons. The van der Waals surface area contributed by atoms with Gasteiger partial charge in [0.2, 0.25) is 5.95 Å². The van der Waals surface area contributed by atoms with Crippen molar-refractivity contribution >= 4 is 11.9 Å². The van der Waals surface area contributed by atoms with Crippen molar-refractivity contribution < 1.29 is 4.79 Å². The number of hydrogen-bond acceptors (Lipinski definition) is 5. The maximum Gasteiger partial charge on any atom is 0.346 e. The molecule has 0 aromatic carbocycles. The Balaban J connectivity index is 1.62. The molecule has 2 aromatic rings. The van der Waals surface area contributed by atoms with E-state index < -0.39 is 0 Å². The summed E-state index contributed by atoms with van der Waals surface area (Å²) in [5.74, 6) is 1.12. The van der Waals surface area contributed by atoms with Gasteiger partial charge >= 0.3 is 5.69 Å². The monoisotopic (exact) mass is 330 g/mol. The zero-order chi connectivity index (χ0) is 17.0. The van der Waals surface area contributed by atoms with Gasteiger partial charge in [0.05, 0.1) is 0 Å². The predicted octanol–water partition coefficient (Wildman–Crippen LogP) is -0.629. The van der Waals surface area contributed by atoms with Crippen molar-refractivity contribution in [3.05, 3.63) is 38.4 Å².